The highest BCUT2D eigenvalue weighted by Gasteiger charge is 2.17. The van der Waals surface area contributed by atoms with Gasteiger partial charge in [0, 0.05) is 26.3 Å². The van der Waals surface area contributed by atoms with Gasteiger partial charge in [-0.3, -0.25) is 4.68 Å². The van der Waals surface area contributed by atoms with E-state index < -0.39 is 0 Å². The van der Waals surface area contributed by atoms with Crippen LogP contribution in [-0.2, 0) is 20.1 Å². The number of nitrogens with one attached hydrogen (secondary N) is 1. The second-order valence-electron chi connectivity index (χ2n) is 3.67. The van der Waals surface area contributed by atoms with Crippen LogP contribution in [0.15, 0.2) is 12.4 Å². The van der Waals surface area contributed by atoms with Crippen LogP contribution in [0, 0.1) is 0 Å². The maximum absolute atomic E-state index is 4.20. The van der Waals surface area contributed by atoms with Crippen molar-refractivity contribution in [3.05, 3.63) is 18.2 Å². The van der Waals surface area contributed by atoms with Crippen LogP contribution >= 0.6 is 0 Å². The molecular formula is C9H12N6. The van der Waals surface area contributed by atoms with Crippen LogP contribution in [0.3, 0.4) is 0 Å². The highest BCUT2D eigenvalue weighted by molar-refractivity contribution is 5.52. The summed E-state index contributed by atoms with van der Waals surface area (Å²) in [6.07, 6.45) is 3.78. The van der Waals surface area contributed by atoms with E-state index in [4.69, 9.17) is 0 Å². The van der Waals surface area contributed by atoms with Crippen LogP contribution in [0.5, 0.6) is 0 Å². The van der Waals surface area contributed by atoms with E-state index in [0.717, 1.165) is 36.8 Å². The molecule has 3 heterocycles. The Kier molecular flexibility index (Phi) is 1.81. The largest absolute Gasteiger partial charge is 0.309 e. The Morgan fingerprint density at radius 3 is 3.13 bits per heavy atom. The van der Waals surface area contributed by atoms with Gasteiger partial charge in [-0.1, -0.05) is 0 Å². The zero-order chi connectivity index (χ0) is 10.3. The van der Waals surface area contributed by atoms with Crippen molar-refractivity contribution in [1.82, 2.24) is 29.9 Å². The van der Waals surface area contributed by atoms with Gasteiger partial charge in [-0.05, 0) is 0 Å². The third-order valence-corrected chi connectivity index (χ3v) is 2.59. The summed E-state index contributed by atoms with van der Waals surface area (Å²) in [5, 5.41) is 15.8. The van der Waals surface area contributed by atoms with E-state index >= 15 is 0 Å². The molecule has 6 heteroatoms. The Labute approximate surface area is 86.9 Å². The quantitative estimate of drug-likeness (QED) is 0.697. The van der Waals surface area contributed by atoms with E-state index in [-0.39, 0.29) is 0 Å². The molecule has 0 saturated carbocycles. The lowest BCUT2D eigenvalue weighted by molar-refractivity contribution is 0.508. The molecular weight excluding hydrogens is 192 g/mol. The maximum Gasteiger partial charge on any atom is 0.167 e. The fourth-order valence-electron chi connectivity index (χ4n) is 1.84. The van der Waals surface area contributed by atoms with Crippen molar-refractivity contribution in [3.63, 3.8) is 0 Å². The Balaban J connectivity index is 2.08. The molecule has 2 aromatic heterocycles. The van der Waals surface area contributed by atoms with Crippen LogP contribution in [0.2, 0.25) is 0 Å². The minimum atomic E-state index is 0.799. The van der Waals surface area contributed by atoms with Crippen molar-refractivity contribution in [2.75, 3.05) is 6.54 Å². The highest BCUT2D eigenvalue weighted by Crippen LogP contribution is 2.18. The van der Waals surface area contributed by atoms with E-state index in [1.807, 2.05) is 19.4 Å². The molecule has 0 fully saturated rings. The number of aromatic nitrogens is 5. The van der Waals surface area contributed by atoms with Gasteiger partial charge in [0.1, 0.15) is 5.82 Å². The SMILES string of the molecule is Cn1cc(-c2nnc3n2CCNC3)cn1. The standard InChI is InChI=1S/C9H12N6/c1-14-6-7(4-11-14)9-13-12-8-5-10-2-3-15(8)9/h4,6,10H,2-3,5H2,1H3. The van der Waals surface area contributed by atoms with Gasteiger partial charge in [-0.2, -0.15) is 5.10 Å². The van der Waals surface area contributed by atoms with Crippen molar-refractivity contribution in [1.29, 1.82) is 0 Å². The summed E-state index contributed by atoms with van der Waals surface area (Å²) >= 11 is 0. The van der Waals surface area contributed by atoms with Gasteiger partial charge in [0.2, 0.25) is 0 Å². The first-order valence-corrected chi connectivity index (χ1v) is 4.96. The van der Waals surface area contributed by atoms with E-state index in [2.05, 4.69) is 25.2 Å². The van der Waals surface area contributed by atoms with E-state index in [1.165, 1.54) is 0 Å². The molecule has 15 heavy (non-hydrogen) atoms. The normalized spacial score (nSPS) is 15.3. The van der Waals surface area contributed by atoms with Gasteiger partial charge in [0.15, 0.2) is 5.82 Å². The molecule has 1 N–H and O–H groups in total. The lowest BCUT2D eigenvalue weighted by Crippen LogP contribution is -2.28. The Hall–Kier alpha value is -1.69. The molecule has 6 nitrogen and oxygen atoms in total. The predicted octanol–water partition coefficient (Wildman–Crippen LogP) is -0.218. The minimum absolute atomic E-state index is 0.799. The van der Waals surface area contributed by atoms with Gasteiger partial charge in [0.25, 0.3) is 0 Å². The van der Waals surface area contributed by atoms with Gasteiger partial charge >= 0.3 is 0 Å². The van der Waals surface area contributed by atoms with Gasteiger partial charge in [-0.25, -0.2) is 0 Å². The zero-order valence-corrected chi connectivity index (χ0v) is 8.51. The predicted molar refractivity (Wildman–Crippen MR) is 53.9 cm³/mol. The topological polar surface area (TPSA) is 60.6 Å². The average Bonchev–Trinajstić information content (AvgIpc) is 2.83. The fraction of sp³-hybridized carbons (Fsp3) is 0.444. The van der Waals surface area contributed by atoms with Crippen LogP contribution in [-0.4, -0.2) is 31.1 Å². The summed E-state index contributed by atoms with van der Waals surface area (Å²) in [4.78, 5) is 0. The summed E-state index contributed by atoms with van der Waals surface area (Å²) in [5.74, 6) is 1.92. The van der Waals surface area contributed by atoms with Crippen molar-refractivity contribution in [2.45, 2.75) is 13.1 Å². The number of aryl methyl sites for hydroxylation is 1. The molecule has 0 unspecified atom stereocenters. The van der Waals surface area contributed by atoms with Crippen LogP contribution in [0.1, 0.15) is 5.82 Å². The number of fused-ring (bicyclic) bond motifs is 1. The summed E-state index contributed by atoms with van der Waals surface area (Å²) in [6, 6.07) is 0. The van der Waals surface area contributed by atoms with E-state index in [0.29, 0.717) is 0 Å². The fourth-order valence-corrected chi connectivity index (χ4v) is 1.84. The van der Waals surface area contributed by atoms with Crippen molar-refractivity contribution < 1.29 is 0 Å². The average molecular weight is 204 g/mol. The first-order valence-electron chi connectivity index (χ1n) is 4.96. The first-order chi connectivity index (χ1) is 7.34. The summed E-state index contributed by atoms with van der Waals surface area (Å²) < 4.78 is 3.92. The molecule has 78 valence electrons. The van der Waals surface area contributed by atoms with Crippen molar-refractivity contribution >= 4 is 0 Å². The van der Waals surface area contributed by atoms with Crippen LogP contribution < -0.4 is 5.32 Å². The monoisotopic (exact) mass is 204 g/mol. The van der Waals surface area contributed by atoms with E-state index in [9.17, 15) is 0 Å². The third kappa shape index (κ3) is 1.33. The van der Waals surface area contributed by atoms with E-state index in [1.54, 1.807) is 4.68 Å². The van der Waals surface area contributed by atoms with Crippen LogP contribution in [0.4, 0.5) is 0 Å². The van der Waals surface area contributed by atoms with Crippen molar-refractivity contribution in [3.8, 4) is 11.4 Å². The number of hydrogen-bond acceptors (Lipinski definition) is 4. The maximum atomic E-state index is 4.20. The van der Waals surface area contributed by atoms with Crippen LogP contribution in [0.25, 0.3) is 11.4 Å². The van der Waals surface area contributed by atoms with Gasteiger partial charge < -0.3 is 9.88 Å². The second-order valence-corrected chi connectivity index (χ2v) is 3.67. The molecule has 1 aliphatic heterocycles. The Morgan fingerprint density at radius 2 is 2.33 bits per heavy atom. The Morgan fingerprint density at radius 1 is 1.40 bits per heavy atom. The molecule has 0 aromatic carbocycles. The molecule has 0 atom stereocenters. The lowest BCUT2D eigenvalue weighted by Gasteiger charge is -2.15. The molecule has 0 aliphatic carbocycles. The molecule has 1 aliphatic rings. The molecule has 0 spiro atoms. The number of hydrogen-bond donors (Lipinski definition) is 1. The minimum Gasteiger partial charge on any atom is -0.309 e. The molecule has 0 saturated heterocycles. The third-order valence-electron chi connectivity index (χ3n) is 2.59. The summed E-state index contributed by atoms with van der Waals surface area (Å²) in [5.41, 5.74) is 1.03. The zero-order valence-electron chi connectivity index (χ0n) is 8.51. The molecule has 2 aromatic rings. The molecule has 0 bridgehead atoms. The number of nitrogens with zero attached hydrogens (tertiary/aromatic N) is 5. The number of rotatable bonds is 1. The van der Waals surface area contributed by atoms with Gasteiger partial charge in [-0.15, -0.1) is 10.2 Å². The molecule has 0 radical (unpaired) electrons. The van der Waals surface area contributed by atoms with Gasteiger partial charge in [0.05, 0.1) is 18.3 Å². The smallest absolute Gasteiger partial charge is 0.167 e. The first kappa shape index (κ1) is 8.60. The Bertz CT molecular complexity index is 483. The molecule has 3 rings (SSSR count). The highest BCUT2D eigenvalue weighted by atomic mass is 15.3. The second kappa shape index (κ2) is 3.16. The van der Waals surface area contributed by atoms with Crippen molar-refractivity contribution in [2.24, 2.45) is 7.05 Å². The summed E-state index contributed by atoms with van der Waals surface area (Å²) in [7, 11) is 1.90. The summed E-state index contributed by atoms with van der Waals surface area (Å²) in [6.45, 7) is 2.69. The lowest BCUT2D eigenvalue weighted by atomic mass is 10.3. The molecule has 0 amide bonds.